The van der Waals surface area contributed by atoms with Crippen molar-refractivity contribution >= 4 is 5.78 Å². The van der Waals surface area contributed by atoms with Crippen LogP contribution in [0, 0.1) is 10.8 Å². The first kappa shape index (κ1) is 14.7. The van der Waals surface area contributed by atoms with E-state index in [1.807, 2.05) is 0 Å². The number of Topliss-reactive ketones (excluding diaryl/α,β-unsaturated/α-hetero) is 1. The summed E-state index contributed by atoms with van der Waals surface area (Å²) >= 11 is 0. The van der Waals surface area contributed by atoms with Crippen LogP contribution in [0.15, 0.2) is 0 Å². The summed E-state index contributed by atoms with van der Waals surface area (Å²) in [7, 11) is 0. The molecular weight excluding hydrogens is 208 g/mol. The van der Waals surface area contributed by atoms with Gasteiger partial charge in [0.2, 0.25) is 0 Å². The first-order valence-corrected chi connectivity index (χ1v) is 7.49. The monoisotopic (exact) mass is 238 g/mol. The Morgan fingerprint density at radius 3 is 2.06 bits per heavy atom. The number of ketones is 1. The summed E-state index contributed by atoms with van der Waals surface area (Å²) in [5, 5.41) is 0. The van der Waals surface area contributed by atoms with Crippen molar-refractivity contribution in [2.45, 2.75) is 85.5 Å². The molecule has 1 aliphatic carbocycles. The second-order valence-corrected chi connectivity index (χ2v) is 6.43. The van der Waals surface area contributed by atoms with E-state index in [1.165, 1.54) is 44.9 Å². The molecule has 0 aliphatic heterocycles. The van der Waals surface area contributed by atoms with E-state index in [0.29, 0.717) is 11.2 Å². The number of carbonyl (C=O) groups is 1. The number of hydrogen-bond donors (Lipinski definition) is 0. The van der Waals surface area contributed by atoms with Crippen LogP contribution in [0.4, 0.5) is 0 Å². The molecular formula is C16H30O. The Morgan fingerprint density at radius 1 is 1.06 bits per heavy atom. The van der Waals surface area contributed by atoms with Gasteiger partial charge in [-0.15, -0.1) is 0 Å². The largest absolute Gasteiger partial charge is 0.299 e. The Labute approximate surface area is 107 Å². The first-order chi connectivity index (χ1) is 7.98. The molecule has 0 spiro atoms. The molecule has 1 nitrogen and oxygen atoms in total. The van der Waals surface area contributed by atoms with Gasteiger partial charge in [0.25, 0.3) is 0 Å². The summed E-state index contributed by atoms with van der Waals surface area (Å²) in [6.45, 7) is 8.55. The lowest BCUT2D eigenvalue weighted by atomic mass is 9.60. The SMILES string of the molecule is CCCCCC1(CC)CCC(C)(C(C)=O)CC1. The third-order valence-electron chi connectivity index (χ3n) is 5.32. The van der Waals surface area contributed by atoms with E-state index in [0.717, 1.165) is 12.8 Å². The average Bonchev–Trinajstić information content (AvgIpc) is 2.32. The highest BCUT2D eigenvalue weighted by Crippen LogP contribution is 2.50. The van der Waals surface area contributed by atoms with Crippen molar-refractivity contribution in [3.8, 4) is 0 Å². The highest BCUT2D eigenvalue weighted by molar-refractivity contribution is 5.81. The minimum atomic E-state index is -0.0105. The van der Waals surface area contributed by atoms with Crippen LogP contribution in [0.25, 0.3) is 0 Å². The van der Waals surface area contributed by atoms with Crippen LogP contribution in [0.5, 0.6) is 0 Å². The molecule has 0 aromatic rings. The average molecular weight is 238 g/mol. The number of carbonyl (C=O) groups excluding carboxylic acids is 1. The molecule has 1 rings (SSSR count). The van der Waals surface area contributed by atoms with Gasteiger partial charge in [-0.1, -0.05) is 46.5 Å². The van der Waals surface area contributed by atoms with Crippen LogP contribution in [0.3, 0.4) is 0 Å². The highest BCUT2D eigenvalue weighted by atomic mass is 16.1. The third-order valence-corrected chi connectivity index (χ3v) is 5.32. The summed E-state index contributed by atoms with van der Waals surface area (Å²) in [4.78, 5) is 11.7. The Balaban J connectivity index is 2.53. The number of hydrogen-bond acceptors (Lipinski definition) is 1. The van der Waals surface area contributed by atoms with Crippen molar-refractivity contribution in [2.24, 2.45) is 10.8 Å². The minimum absolute atomic E-state index is 0.0105. The lowest BCUT2D eigenvalue weighted by Gasteiger charge is -2.44. The molecule has 1 heteroatoms. The van der Waals surface area contributed by atoms with E-state index in [1.54, 1.807) is 6.92 Å². The molecule has 0 saturated heterocycles. The maximum absolute atomic E-state index is 11.7. The molecule has 0 heterocycles. The van der Waals surface area contributed by atoms with Crippen LogP contribution in [-0.2, 0) is 4.79 Å². The van der Waals surface area contributed by atoms with Crippen LogP contribution < -0.4 is 0 Å². The van der Waals surface area contributed by atoms with Gasteiger partial charge in [-0.2, -0.15) is 0 Å². The molecule has 100 valence electrons. The van der Waals surface area contributed by atoms with Crippen molar-refractivity contribution in [3.63, 3.8) is 0 Å². The second kappa shape index (κ2) is 6.02. The topological polar surface area (TPSA) is 17.1 Å². The van der Waals surface area contributed by atoms with E-state index in [2.05, 4.69) is 20.8 Å². The normalized spacial score (nSPS) is 33.6. The quantitative estimate of drug-likeness (QED) is 0.586. The van der Waals surface area contributed by atoms with Crippen LogP contribution >= 0.6 is 0 Å². The fourth-order valence-electron chi connectivity index (χ4n) is 3.21. The predicted octanol–water partition coefficient (Wildman–Crippen LogP) is 5.13. The molecule has 0 N–H and O–H groups in total. The van der Waals surface area contributed by atoms with Crippen LogP contribution in [-0.4, -0.2) is 5.78 Å². The van der Waals surface area contributed by atoms with E-state index >= 15 is 0 Å². The van der Waals surface area contributed by atoms with Crippen molar-refractivity contribution in [3.05, 3.63) is 0 Å². The zero-order valence-electron chi connectivity index (χ0n) is 12.3. The van der Waals surface area contributed by atoms with Crippen molar-refractivity contribution in [2.75, 3.05) is 0 Å². The molecule has 0 atom stereocenters. The maximum atomic E-state index is 11.7. The van der Waals surface area contributed by atoms with Crippen molar-refractivity contribution in [1.29, 1.82) is 0 Å². The molecule has 1 aliphatic rings. The van der Waals surface area contributed by atoms with Gasteiger partial charge in [0, 0.05) is 5.41 Å². The predicted molar refractivity (Wildman–Crippen MR) is 74.1 cm³/mol. The van der Waals surface area contributed by atoms with E-state index in [4.69, 9.17) is 0 Å². The van der Waals surface area contributed by atoms with E-state index in [9.17, 15) is 4.79 Å². The van der Waals surface area contributed by atoms with Crippen molar-refractivity contribution in [1.82, 2.24) is 0 Å². The fraction of sp³-hybridized carbons (Fsp3) is 0.938. The molecule has 0 bridgehead atoms. The maximum Gasteiger partial charge on any atom is 0.135 e. The van der Waals surface area contributed by atoms with Crippen LogP contribution in [0.1, 0.15) is 85.5 Å². The van der Waals surface area contributed by atoms with Gasteiger partial charge in [0.15, 0.2) is 0 Å². The van der Waals surface area contributed by atoms with Gasteiger partial charge >= 0.3 is 0 Å². The van der Waals surface area contributed by atoms with Gasteiger partial charge in [-0.25, -0.2) is 0 Å². The summed E-state index contributed by atoms with van der Waals surface area (Å²) in [6, 6.07) is 0. The number of unbranched alkanes of at least 4 members (excludes halogenated alkanes) is 2. The first-order valence-electron chi connectivity index (χ1n) is 7.49. The Hall–Kier alpha value is -0.330. The molecule has 1 saturated carbocycles. The minimum Gasteiger partial charge on any atom is -0.299 e. The highest BCUT2D eigenvalue weighted by Gasteiger charge is 2.41. The van der Waals surface area contributed by atoms with E-state index in [-0.39, 0.29) is 5.41 Å². The Kier molecular flexibility index (Phi) is 5.22. The van der Waals surface area contributed by atoms with Gasteiger partial charge in [-0.3, -0.25) is 4.79 Å². The molecule has 0 aromatic carbocycles. The summed E-state index contributed by atoms with van der Waals surface area (Å²) in [5.41, 5.74) is 0.549. The standard InChI is InChI=1S/C16H30O/c1-5-7-8-9-16(6-2)12-10-15(4,11-13-16)14(3)17/h5-13H2,1-4H3. The molecule has 0 aromatic heterocycles. The van der Waals surface area contributed by atoms with Gasteiger partial charge < -0.3 is 0 Å². The van der Waals surface area contributed by atoms with Crippen LogP contribution in [0.2, 0.25) is 0 Å². The Bertz CT molecular complexity index is 246. The lowest BCUT2D eigenvalue weighted by molar-refractivity contribution is -0.129. The van der Waals surface area contributed by atoms with E-state index < -0.39 is 0 Å². The molecule has 0 unspecified atom stereocenters. The molecule has 1 fully saturated rings. The number of rotatable bonds is 6. The summed E-state index contributed by atoms with van der Waals surface area (Å²) < 4.78 is 0. The van der Waals surface area contributed by atoms with Gasteiger partial charge in [-0.05, 0) is 44.4 Å². The third kappa shape index (κ3) is 3.56. The van der Waals surface area contributed by atoms with Gasteiger partial charge in [0.1, 0.15) is 5.78 Å². The molecule has 0 amide bonds. The second-order valence-electron chi connectivity index (χ2n) is 6.43. The lowest BCUT2D eigenvalue weighted by Crippen LogP contribution is -2.36. The fourth-order valence-corrected chi connectivity index (χ4v) is 3.21. The zero-order chi connectivity index (χ0) is 12.9. The van der Waals surface area contributed by atoms with Gasteiger partial charge in [0.05, 0.1) is 0 Å². The smallest absolute Gasteiger partial charge is 0.135 e. The molecule has 17 heavy (non-hydrogen) atoms. The molecule has 0 radical (unpaired) electrons. The summed E-state index contributed by atoms with van der Waals surface area (Å²) in [6.07, 6.45) is 11.5. The summed E-state index contributed by atoms with van der Waals surface area (Å²) in [5.74, 6) is 0.399. The van der Waals surface area contributed by atoms with Crippen molar-refractivity contribution < 1.29 is 4.79 Å². The Morgan fingerprint density at radius 2 is 1.65 bits per heavy atom. The zero-order valence-corrected chi connectivity index (χ0v) is 12.3.